The number of hydrogen-bond acceptors (Lipinski definition) is 2. The van der Waals surface area contributed by atoms with E-state index in [0.29, 0.717) is 6.61 Å². The lowest BCUT2D eigenvalue weighted by Gasteiger charge is -2.23. The van der Waals surface area contributed by atoms with Crippen LogP contribution in [0.4, 0.5) is 0 Å². The molecule has 0 atom stereocenters. The average molecular weight is 409 g/mol. The molecule has 156 valence electrons. The van der Waals surface area contributed by atoms with Crippen molar-refractivity contribution in [2.24, 2.45) is 0 Å². The first-order chi connectivity index (χ1) is 15.2. The van der Waals surface area contributed by atoms with Gasteiger partial charge in [0.2, 0.25) is 0 Å². The number of nitrogens with zero attached hydrogens (tertiary/aromatic N) is 2. The van der Waals surface area contributed by atoms with Crippen LogP contribution in [0.5, 0.6) is 5.75 Å². The number of pyridine rings is 1. The number of aryl methyl sites for hydroxylation is 2. The number of rotatable bonds is 5. The van der Waals surface area contributed by atoms with E-state index in [9.17, 15) is 0 Å². The highest BCUT2D eigenvalue weighted by atomic mass is 16.5. The minimum absolute atomic E-state index is 0.604. The van der Waals surface area contributed by atoms with E-state index in [2.05, 4.69) is 85.1 Å². The zero-order valence-corrected chi connectivity index (χ0v) is 18.3. The molecule has 1 aliphatic carbocycles. The van der Waals surface area contributed by atoms with Crippen molar-refractivity contribution in [3.63, 3.8) is 0 Å². The maximum atomic E-state index is 6.27. The molecule has 2 aromatic carbocycles. The summed E-state index contributed by atoms with van der Waals surface area (Å²) in [6.45, 7) is 4.86. The van der Waals surface area contributed by atoms with E-state index >= 15 is 0 Å². The quantitative estimate of drug-likeness (QED) is 0.371. The van der Waals surface area contributed by atoms with Crippen LogP contribution in [0.3, 0.4) is 0 Å². The number of hydrogen-bond donors (Lipinski definition) is 0. The Hall–Kier alpha value is -3.33. The van der Waals surface area contributed by atoms with E-state index in [1.807, 2.05) is 6.07 Å². The molecule has 2 heterocycles. The van der Waals surface area contributed by atoms with Crippen LogP contribution in [0.1, 0.15) is 40.9 Å². The maximum Gasteiger partial charge on any atom is 0.137 e. The number of aromatic nitrogens is 2. The SMILES string of the molecule is Cc1ccc(C)n1-c1cccc(-c2ccc(OCc3ccccc3)c3c2CCCC3)n1. The molecule has 31 heavy (non-hydrogen) atoms. The molecule has 5 rings (SSSR count). The molecule has 0 amide bonds. The third-order valence-corrected chi connectivity index (χ3v) is 6.24. The lowest BCUT2D eigenvalue weighted by Crippen LogP contribution is -2.09. The van der Waals surface area contributed by atoms with Gasteiger partial charge in [-0.05, 0) is 92.6 Å². The largest absolute Gasteiger partial charge is 0.489 e. The van der Waals surface area contributed by atoms with E-state index in [-0.39, 0.29) is 0 Å². The minimum Gasteiger partial charge on any atom is -0.489 e. The zero-order valence-electron chi connectivity index (χ0n) is 18.3. The fraction of sp³-hybridized carbons (Fsp3) is 0.250. The fourth-order valence-electron chi connectivity index (χ4n) is 4.67. The lowest BCUT2D eigenvalue weighted by atomic mass is 9.86. The summed E-state index contributed by atoms with van der Waals surface area (Å²) in [7, 11) is 0. The van der Waals surface area contributed by atoms with Crippen LogP contribution in [0, 0.1) is 13.8 Å². The minimum atomic E-state index is 0.604. The van der Waals surface area contributed by atoms with Crippen LogP contribution >= 0.6 is 0 Å². The van der Waals surface area contributed by atoms with Crippen molar-refractivity contribution in [2.75, 3.05) is 0 Å². The highest BCUT2D eigenvalue weighted by Gasteiger charge is 2.20. The summed E-state index contributed by atoms with van der Waals surface area (Å²) in [5, 5.41) is 0. The Labute approximate surface area is 184 Å². The summed E-state index contributed by atoms with van der Waals surface area (Å²) >= 11 is 0. The molecule has 0 N–H and O–H groups in total. The molecular formula is C28H28N2O. The Morgan fingerprint density at radius 1 is 0.774 bits per heavy atom. The van der Waals surface area contributed by atoms with Gasteiger partial charge in [-0.1, -0.05) is 36.4 Å². The Bertz CT molecular complexity index is 1190. The van der Waals surface area contributed by atoms with Gasteiger partial charge >= 0.3 is 0 Å². The fourth-order valence-corrected chi connectivity index (χ4v) is 4.67. The summed E-state index contributed by atoms with van der Waals surface area (Å²) in [6, 6.07) is 25.4. The summed E-state index contributed by atoms with van der Waals surface area (Å²) in [5.74, 6) is 2.00. The van der Waals surface area contributed by atoms with Crippen molar-refractivity contribution >= 4 is 0 Å². The molecule has 0 unspecified atom stereocenters. The van der Waals surface area contributed by atoms with E-state index < -0.39 is 0 Å². The lowest BCUT2D eigenvalue weighted by molar-refractivity contribution is 0.301. The molecular weight excluding hydrogens is 380 g/mol. The van der Waals surface area contributed by atoms with Gasteiger partial charge in [0.1, 0.15) is 18.2 Å². The van der Waals surface area contributed by atoms with Gasteiger partial charge in [0, 0.05) is 17.0 Å². The molecule has 3 nitrogen and oxygen atoms in total. The van der Waals surface area contributed by atoms with Crippen LogP contribution in [-0.4, -0.2) is 9.55 Å². The Balaban J connectivity index is 1.51. The predicted molar refractivity (Wildman–Crippen MR) is 126 cm³/mol. The van der Waals surface area contributed by atoms with E-state index in [1.165, 1.54) is 46.5 Å². The van der Waals surface area contributed by atoms with E-state index in [4.69, 9.17) is 9.72 Å². The molecule has 3 heteroatoms. The third-order valence-electron chi connectivity index (χ3n) is 6.24. The maximum absolute atomic E-state index is 6.27. The van der Waals surface area contributed by atoms with Gasteiger partial charge in [0.15, 0.2) is 0 Å². The van der Waals surface area contributed by atoms with Crippen molar-refractivity contribution in [1.29, 1.82) is 0 Å². The monoisotopic (exact) mass is 408 g/mol. The predicted octanol–water partition coefficient (Wildman–Crippen LogP) is 6.61. The Kier molecular flexibility index (Phi) is 5.33. The summed E-state index contributed by atoms with van der Waals surface area (Å²) in [4.78, 5) is 5.06. The van der Waals surface area contributed by atoms with Crippen LogP contribution in [0.15, 0.2) is 72.8 Å². The second kappa shape index (κ2) is 8.43. The van der Waals surface area contributed by atoms with Crippen molar-refractivity contribution < 1.29 is 4.74 Å². The van der Waals surface area contributed by atoms with Gasteiger partial charge in [0.25, 0.3) is 0 Å². The molecule has 0 radical (unpaired) electrons. The van der Waals surface area contributed by atoms with Crippen molar-refractivity contribution in [3.05, 3.63) is 101 Å². The zero-order chi connectivity index (χ0) is 21.2. The molecule has 0 saturated heterocycles. The first-order valence-corrected chi connectivity index (χ1v) is 11.1. The molecule has 4 aromatic rings. The van der Waals surface area contributed by atoms with E-state index in [1.54, 1.807) is 0 Å². The Morgan fingerprint density at radius 2 is 1.52 bits per heavy atom. The summed E-state index contributed by atoms with van der Waals surface area (Å²) < 4.78 is 8.49. The molecule has 0 fully saturated rings. The first-order valence-electron chi connectivity index (χ1n) is 11.1. The van der Waals surface area contributed by atoms with Gasteiger partial charge in [0.05, 0.1) is 5.69 Å². The Morgan fingerprint density at radius 3 is 2.29 bits per heavy atom. The standard InChI is InChI=1S/C28H28N2O/c1-20-15-16-21(2)30(20)28-14-8-13-26(29-28)24-17-18-27(25-12-7-6-11-23(24)25)31-19-22-9-4-3-5-10-22/h3-5,8-10,13-18H,6-7,11-12,19H2,1-2H3. The normalized spacial score (nSPS) is 13.1. The smallest absolute Gasteiger partial charge is 0.137 e. The molecule has 0 bridgehead atoms. The highest BCUT2D eigenvalue weighted by molar-refractivity contribution is 5.69. The topological polar surface area (TPSA) is 27.1 Å². The summed E-state index contributed by atoms with van der Waals surface area (Å²) in [5.41, 5.74) is 8.65. The van der Waals surface area contributed by atoms with E-state index in [0.717, 1.165) is 30.1 Å². The van der Waals surface area contributed by atoms with Crippen molar-refractivity contribution in [1.82, 2.24) is 9.55 Å². The highest BCUT2D eigenvalue weighted by Crippen LogP contribution is 2.37. The van der Waals surface area contributed by atoms with Gasteiger partial charge in [-0.25, -0.2) is 4.98 Å². The number of fused-ring (bicyclic) bond motifs is 1. The molecule has 0 aliphatic heterocycles. The number of ether oxygens (including phenoxy) is 1. The van der Waals surface area contributed by atoms with Crippen LogP contribution < -0.4 is 4.74 Å². The van der Waals surface area contributed by atoms with Crippen LogP contribution in [0.2, 0.25) is 0 Å². The van der Waals surface area contributed by atoms with Gasteiger partial charge in [-0.2, -0.15) is 0 Å². The second-order valence-corrected chi connectivity index (χ2v) is 8.38. The molecule has 0 saturated carbocycles. The second-order valence-electron chi connectivity index (χ2n) is 8.38. The van der Waals surface area contributed by atoms with Gasteiger partial charge in [-0.3, -0.25) is 0 Å². The van der Waals surface area contributed by atoms with Gasteiger partial charge < -0.3 is 9.30 Å². The third kappa shape index (κ3) is 3.88. The van der Waals surface area contributed by atoms with Crippen molar-refractivity contribution in [2.45, 2.75) is 46.1 Å². The van der Waals surface area contributed by atoms with Crippen LogP contribution in [-0.2, 0) is 19.4 Å². The molecule has 1 aliphatic rings. The van der Waals surface area contributed by atoms with Gasteiger partial charge in [-0.15, -0.1) is 0 Å². The van der Waals surface area contributed by atoms with Crippen molar-refractivity contribution in [3.8, 4) is 22.8 Å². The molecule has 0 spiro atoms. The average Bonchev–Trinajstić information content (AvgIpc) is 3.16. The summed E-state index contributed by atoms with van der Waals surface area (Å²) in [6.07, 6.45) is 4.59. The number of benzene rings is 2. The molecule has 2 aromatic heterocycles. The van der Waals surface area contributed by atoms with Crippen LogP contribution in [0.25, 0.3) is 17.1 Å². The first kappa shape index (κ1) is 19.6.